The summed E-state index contributed by atoms with van der Waals surface area (Å²) in [6.45, 7) is 2.46. The summed E-state index contributed by atoms with van der Waals surface area (Å²) in [5, 5.41) is 7.00. The monoisotopic (exact) mass is 206 g/mol. The predicted octanol–water partition coefficient (Wildman–Crippen LogP) is 2.64. The maximum Gasteiger partial charge on any atom is 0.288 e. The molecule has 0 fully saturated rings. The van der Waals surface area contributed by atoms with Gasteiger partial charge >= 0.3 is 0 Å². The van der Waals surface area contributed by atoms with E-state index in [0.29, 0.717) is 11.3 Å². The van der Waals surface area contributed by atoms with Crippen LogP contribution in [-0.2, 0) is 11.8 Å². The second-order valence-corrected chi connectivity index (χ2v) is 3.13. The first-order chi connectivity index (χ1) is 5.95. The first kappa shape index (κ1) is 10.3. The van der Waals surface area contributed by atoms with Crippen LogP contribution in [0.5, 0.6) is 0 Å². The summed E-state index contributed by atoms with van der Waals surface area (Å²) in [7, 11) is 0. The van der Waals surface area contributed by atoms with Crippen LogP contribution >= 0.6 is 11.6 Å². The maximum atomic E-state index is 12.8. The number of rotatable bonds is 2. The lowest BCUT2D eigenvalue weighted by atomic mass is 10.2. The zero-order chi connectivity index (χ0) is 10.1. The lowest BCUT2D eigenvalue weighted by Crippen LogP contribution is -2.12. The van der Waals surface area contributed by atoms with Crippen molar-refractivity contribution in [1.82, 2.24) is 10.2 Å². The lowest BCUT2D eigenvalue weighted by molar-refractivity contribution is 0.0117. The molecule has 0 aliphatic heterocycles. The minimum atomic E-state index is -2.96. The molecule has 1 heterocycles. The van der Waals surface area contributed by atoms with Gasteiger partial charge in [0.25, 0.3) is 5.92 Å². The zero-order valence-corrected chi connectivity index (χ0v) is 8.07. The van der Waals surface area contributed by atoms with E-state index in [1.54, 1.807) is 6.92 Å². The summed E-state index contributed by atoms with van der Waals surface area (Å²) in [6.07, 6.45) is 0. The van der Waals surface area contributed by atoms with E-state index in [4.69, 9.17) is 11.6 Å². The minimum absolute atomic E-state index is 0.171. The molecule has 5 heteroatoms. The van der Waals surface area contributed by atoms with Crippen LogP contribution in [0, 0.1) is 6.92 Å². The van der Waals surface area contributed by atoms with Crippen LogP contribution in [0.1, 0.15) is 23.9 Å². The van der Waals surface area contributed by atoms with Gasteiger partial charge in [-0.3, -0.25) is 0 Å². The van der Waals surface area contributed by atoms with Crippen molar-refractivity contribution in [1.29, 1.82) is 0 Å². The highest BCUT2D eigenvalue weighted by Crippen LogP contribution is 2.25. The number of alkyl halides is 3. The van der Waals surface area contributed by atoms with Crippen LogP contribution in [0.25, 0.3) is 0 Å². The van der Waals surface area contributed by atoms with Gasteiger partial charge in [-0.2, -0.15) is 13.9 Å². The maximum absolute atomic E-state index is 12.8. The third kappa shape index (κ3) is 2.34. The molecule has 0 aliphatic carbocycles. The summed E-state index contributed by atoms with van der Waals surface area (Å²) in [4.78, 5) is 0. The van der Waals surface area contributed by atoms with Crippen molar-refractivity contribution in [2.24, 2.45) is 0 Å². The fourth-order valence-electron chi connectivity index (χ4n) is 0.841. The van der Waals surface area contributed by atoms with E-state index in [1.807, 2.05) is 0 Å². The highest BCUT2D eigenvalue weighted by atomic mass is 35.5. The SMILES string of the molecule is Cc1nnc(C(C)(F)F)cc1CCl. The van der Waals surface area contributed by atoms with Gasteiger partial charge in [0.2, 0.25) is 0 Å². The van der Waals surface area contributed by atoms with Crippen molar-refractivity contribution in [2.45, 2.75) is 25.7 Å². The van der Waals surface area contributed by atoms with Crippen molar-refractivity contribution >= 4 is 11.6 Å². The van der Waals surface area contributed by atoms with Crippen molar-refractivity contribution in [3.8, 4) is 0 Å². The molecule has 2 nitrogen and oxygen atoms in total. The van der Waals surface area contributed by atoms with E-state index in [-0.39, 0.29) is 11.6 Å². The molecule has 0 bridgehead atoms. The fraction of sp³-hybridized carbons (Fsp3) is 0.500. The lowest BCUT2D eigenvalue weighted by Gasteiger charge is -2.10. The molecule has 13 heavy (non-hydrogen) atoms. The molecule has 0 aromatic carbocycles. The third-order valence-electron chi connectivity index (χ3n) is 1.68. The number of halogens is 3. The Morgan fingerprint density at radius 2 is 2.08 bits per heavy atom. The first-order valence-corrected chi connectivity index (χ1v) is 4.26. The standard InChI is InChI=1S/C8H9ClF2N2/c1-5-6(4-9)3-7(13-12-5)8(2,10)11/h3H,4H2,1-2H3. The van der Waals surface area contributed by atoms with Gasteiger partial charge in [0.1, 0.15) is 5.69 Å². The van der Waals surface area contributed by atoms with Gasteiger partial charge in [-0.05, 0) is 18.6 Å². The summed E-state index contributed by atoms with van der Waals surface area (Å²) in [6, 6.07) is 1.29. The summed E-state index contributed by atoms with van der Waals surface area (Å²) in [5.74, 6) is -2.79. The van der Waals surface area contributed by atoms with E-state index in [9.17, 15) is 8.78 Å². The van der Waals surface area contributed by atoms with Crippen LogP contribution in [-0.4, -0.2) is 10.2 Å². The third-order valence-corrected chi connectivity index (χ3v) is 1.97. The molecule has 0 saturated carbocycles. The van der Waals surface area contributed by atoms with Crippen molar-refractivity contribution in [3.63, 3.8) is 0 Å². The fourth-order valence-corrected chi connectivity index (χ4v) is 1.11. The largest absolute Gasteiger partial charge is 0.288 e. The van der Waals surface area contributed by atoms with Gasteiger partial charge in [0.05, 0.1) is 5.69 Å². The normalized spacial score (nSPS) is 11.8. The quantitative estimate of drug-likeness (QED) is 0.696. The van der Waals surface area contributed by atoms with Gasteiger partial charge < -0.3 is 0 Å². The Kier molecular flexibility index (Phi) is 2.81. The van der Waals surface area contributed by atoms with Crippen LogP contribution in [0.4, 0.5) is 8.78 Å². The molecule has 0 spiro atoms. The van der Waals surface area contributed by atoms with Crippen LogP contribution in [0.2, 0.25) is 0 Å². The Bertz CT molecular complexity index is 310. The molecular formula is C8H9ClF2N2. The average molecular weight is 207 g/mol. The Labute approximate surface area is 79.9 Å². The highest BCUT2D eigenvalue weighted by molar-refractivity contribution is 6.17. The molecule has 0 saturated heterocycles. The number of nitrogens with zero attached hydrogens (tertiary/aromatic N) is 2. The van der Waals surface area contributed by atoms with Crippen LogP contribution < -0.4 is 0 Å². The van der Waals surface area contributed by atoms with E-state index in [1.165, 1.54) is 6.07 Å². The summed E-state index contributed by atoms with van der Waals surface area (Å²) >= 11 is 5.54. The second kappa shape index (κ2) is 3.54. The van der Waals surface area contributed by atoms with E-state index >= 15 is 0 Å². The van der Waals surface area contributed by atoms with Gasteiger partial charge in [-0.1, -0.05) is 0 Å². The van der Waals surface area contributed by atoms with Crippen molar-refractivity contribution in [3.05, 3.63) is 23.0 Å². The van der Waals surface area contributed by atoms with Gasteiger partial charge in [0, 0.05) is 12.8 Å². The molecule has 0 aliphatic rings. The molecule has 0 atom stereocenters. The highest BCUT2D eigenvalue weighted by Gasteiger charge is 2.27. The van der Waals surface area contributed by atoms with Gasteiger partial charge in [0.15, 0.2) is 0 Å². The Morgan fingerprint density at radius 3 is 2.54 bits per heavy atom. The minimum Gasteiger partial charge on any atom is -0.200 e. The smallest absolute Gasteiger partial charge is 0.200 e. The molecule has 1 rings (SSSR count). The van der Waals surface area contributed by atoms with E-state index in [2.05, 4.69) is 10.2 Å². The predicted molar refractivity (Wildman–Crippen MR) is 45.9 cm³/mol. The molecule has 0 N–H and O–H groups in total. The Balaban J connectivity index is 3.14. The molecule has 1 aromatic rings. The molecule has 1 aromatic heterocycles. The second-order valence-electron chi connectivity index (χ2n) is 2.86. The zero-order valence-electron chi connectivity index (χ0n) is 7.31. The summed E-state index contributed by atoms with van der Waals surface area (Å²) in [5.41, 5.74) is 0.838. The summed E-state index contributed by atoms with van der Waals surface area (Å²) < 4.78 is 25.5. The molecule has 72 valence electrons. The van der Waals surface area contributed by atoms with Crippen LogP contribution in [0.3, 0.4) is 0 Å². The van der Waals surface area contributed by atoms with E-state index < -0.39 is 5.92 Å². The Hall–Kier alpha value is -0.770. The van der Waals surface area contributed by atoms with Crippen LogP contribution in [0.15, 0.2) is 6.07 Å². The molecule has 0 unspecified atom stereocenters. The number of hydrogen-bond acceptors (Lipinski definition) is 2. The number of aryl methyl sites for hydroxylation is 1. The average Bonchev–Trinajstić information content (AvgIpc) is 2.03. The van der Waals surface area contributed by atoms with Gasteiger partial charge in [-0.15, -0.1) is 16.7 Å². The van der Waals surface area contributed by atoms with Gasteiger partial charge in [-0.25, -0.2) is 0 Å². The number of hydrogen-bond donors (Lipinski definition) is 0. The molecular weight excluding hydrogens is 198 g/mol. The van der Waals surface area contributed by atoms with E-state index in [0.717, 1.165) is 6.92 Å². The molecule has 0 amide bonds. The molecule has 0 radical (unpaired) electrons. The topological polar surface area (TPSA) is 25.8 Å². The number of aromatic nitrogens is 2. The van der Waals surface area contributed by atoms with Crippen molar-refractivity contribution in [2.75, 3.05) is 0 Å². The Morgan fingerprint density at radius 1 is 1.46 bits per heavy atom. The van der Waals surface area contributed by atoms with Crippen molar-refractivity contribution < 1.29 is 8.78 Å². The first-order valence-electron chi connectivity index (χ1n) is 3.72.